The molecule has 0 atom stereocenters. The molecule has 0 aromatic heterocycles. The van der Waals surface area contributed by atoms with Crippen LogP contribution in [0.3, 0.4) is 0 Å². The average molecular weight is 268 g/mol. The van der Waals surface area contributed by atoms with E-state index in [2.05, 4.69) is 5.32 Å². The molecule has 18 heavy (non-hydrogen) atoms. The van der Waals surface area contributed by atoms with Gasteiger partial charge in [0.15, 0.2) is 0 Å². The fourth-order valence-corrected chi connectivity index (χ4v) is 3.41. The van der Waals surface area contributed by atoms with Crippen LogP contribution in [0.25, 0.3) is 0 Å². The molecule has 0 saturated heterocycles. The smallest absolute Gasteiger partial charge is 0.215 e. The number of rotatable bonds is 5. The van der Waals surface area contributed by atoms with E-state index in [0.29, 0.717) is 25.7 Å². The highest BCUT2D eigenvalue weighted by molar-refractivity contribution is 7.89. The van der Waals surface area contributed by atoms with Crippen LogP contribution in [0.4, 0.5) is 0 Å². The van der Waals surface area contributed by atoms with Gasteiger partial charge in [-0.15, -0.1) is 0 Å². The second-order valence-electron chi connectivity index (χ2n) is 4.96. The maximum absolute atomic E-state index is 12.2. The zero-order chi connectivity index (χ0) is 13.2. The van der Waals surface area contributed by atoms with Crippen molar-refractivity contribution in [3.63, 3.8) is 0 Å². The summed E-state index contributed by atoms with van der Waals surface area (Å²) in [5.74, 6) is 0.166. The van der Waals surface area contributed by atoms with E-state index in [1.54, 1.807) is 4.31 Å². The van der Waals surface area contributed by atoms with Gasteiger partial charge in [0.1, 0.15) is 0 Å². The Morgan fingerprint density at radius 1 is 1.22 bits per heavy atom. The van der Waals surface area contributed by atoms with E-state index in [1.165, 1.54) is 0 Å². The first-order valence-corrected chi connectivity index (χ1v) is 7.88. The van der Waals surface area contributed by atoms with Crippen LogP contribution in [-0.4, -0.2) is 31.1 Å². The van der Waals surface area contributed by atoms with Gasteiger partial charge in [-0.05, 0) is 11.1 Å². The van der Waals surface area contributed by atoms with Crippen molar-refractivity contribution >= 4 is 10.0 Å². The molecule has 100 valence electrons. The minimum Gasteiger partial charge on any atom is -0.313 e. The first-order valence-electron chi connectivity index (χ1n) is 6.27. The summed E-state index contributed by atoms with van der Waals surface area (Å²) >= 11 is 0. The van der Waals surface area contributed by atoms with Gasteiger partial charge in [-0.1, -0.05) is 38.1 Å². The first kappa shape index (κ1) is 13.5. The Morgan fingerprint density at radius 2 is 1.78 bits per heavy atom. The Bertz CT molecular complexity index is 486. The zero-order valence-electron chi connectivity index (χ0n) is 10.9. The highest BCUT2D eigenvalue weighted by Gasteiger charge is 2.28. The molecule has 0 amide bonds. The van der Waals surface area contributed by atoms with Gasteiger partial charge >= 0.3 is 0 Å². The number of hydrogen-bond donors (Lipinski definition) is 1. The lowest BCUT2D eigenvalue weighted by Crippen LogP contribution is -2.35. The van der Waals surface area contributed by atoms with Gasteiger partial charge in [0, 0.05) is 25.7 Å². The van der Waals surface area contributed by atoms with E-state index < -0.39 is 10.0 Å². The fourth-order valence-electron chi connectivity index (χ4n) is 2.10. The SMILES string of the molecule is CC(C)NCCS(=O)(=O)N1Cc2ccccc2C1. The minimum atomic E-state index is -3.15. The van der Waals surface area contributed by atoms with Crippen LogP contribution in [0.5, 0.6) is 0 Å². The normalized spacial score (nSPS) is 16.2. The van der Waals surface area contributed by atoms with E-state index >= 15 is 0 Å². The van der Waals surface area contributed by atoms with Gasteiger partial charge in [0.05, 0.1) is 5.75 Å². The summed E-state index contributed by atoms with van der Waals surface area (Å²) in [6.07, 6.45) is 0. The lowest BCUT2D eigenvalue weighted by molar-refractivity contribution is 0.429. The van der Waals surface area contributed by atoms with Crippen LogP contribution < -0.4 is 5.32 Å². The highest BCUT2D eigenvalue weighted by atomic mass is 32.2. The van der Waals surface area contributed by atoms with Crippen LogP contribution in [0, 0.1) is 0 Å². The molecule has 0 unspecified atom stereocenters. The molecule has 4 nitrogen and oxygen atoms in total. The molecule has 0 bridgehead atoms. The summed E-state index contributed by atoms with van der Waals surface area (Å²) in [6.45, 7) is 5.56. The van der Waals surface area contributed by atoms with Gasteiger partial charge in [0.25, 0.3) is 0 Å². The molecule has 5 heteroatoms. The van der Waals surface area contributed by atoms with E-state index in [4.69, 9.17) is 0 Å². The summed E-state index contributed by atoms with van der Waals surface area (Å²) in [4.78, 5) is 0. The molecule has 0 radical (unpaired) electrons. The number of fused-ring (bicyclic) bond motifs is 1. The topological polar surface area (TPSA) is 49.4 Å². The van der Waals surface area contributed by atoms with E-state index in [-0.39, 0.29) is 5.75 Å². The Balaban J connectivity index is 1.97. The molecule has 0 spiro atoms. The van der Waals surface area contributed by atoms with Crippen molar-refractivity contribution in [2.45, 2.75) is 33.0 Å². The molecule has 1 aromatic rings. The third kappa shape index (κ3) is 3.10. The number of hydrogen-bond acceptors (Lipinski definition) is 3. The second-order valence-corrected chi connectivity index (χ2v) is 7.05. The third-order valence-electron chi connectivity index (χ3n) is 3.12. The lowest BCUT2D eigenvalue weighted by Gasteiger charge is -2.16. The van der Waals surface area contributed by atoms with Gasteiger partial charge in [-0.25, -0.2) is 8.42 Å². The van der Waals surface area contributed by atoms with Crippen molar-refractivity contribution in [2.24, 2.45) is 0 Å². The molecule has 1 aromatic carbocycles. The number of nitrogens with one attached hydrogen (secondary N) is 1. The summed E-state index contributed by atoms with van der Waals surface area (Å²) in [6, 6.07) is 8.22. The van der Waals surface area contributed by atoms with E-state index in [9.17, 15) is 8.42 Å². The third-order valence-corrected chi connectivity index (χ3v) is 4.88. The molecule has 0 aliphatic carbocycles. The van der Waals surface area contributed by atoms with Gasteiger partial charge in [-0.2, -0.15) is 4.31 Å². The maximum atomic E-state index is 12.2. The van der Waals surface area contributed by atoms with E-state index in [0.717, 1.165) is 11.1 Å². The van der Waals surface area contributed by atoms with E-state index in [1.807, 2.05) is 38.1 Å². The van der Waals surface area contributed by atoms with Crippen molar-refractivity contribution in [3.8, 4) is 0 Å². The lowest BCUT2D eigenvalue weighted by atomic mass is 10.1. The molecule has 1 heterocycles. The zero-order valence-corrected chi connectivity index (χ0v) is 11.7. The summed E-state index contributed by atoms with van der Waals surface area (Å²) in [7, 11) is -3.15. The van der Waals surface area contributed by atoms with Gasteiger partial charge in [-0.3, -0.25) is 0 Å². The molecule has 2 rings (SSSR count). The minimum absolute atomic E-state index is 0.166. The maximum Gasteiger partial charge on any atom is 0.215 e. The molecule has 1 N–H and O–H groups in total. The van der Waals surface area contributed by atoms with Crippen molar-refractivity contribution in [1.29, 1.82) is 0 Å². The standard InChI is InChI=1S/C13H20N2O2S/c1-11(2)14-7-8-18(16,17)15-9-12-5-3-4-6-13(12)10-15/h3-6,11,14H,7-10H2,1-2H3. The molecule has 1 aliphatic rings. The molecule has 0 saturated carbocycles. The predicted molar refractivity (Wildman–Crippen MR) is 72.6 cm³/mol. The molecule has 0 fully saturated rings. The monoisotopic (exact) mass is 268 g/mol. The molecular formula is C13H20N2O2S. The van der Waals surface area contributed by atoms with Crippen molar-refractivity contribution in [1.82, 2.24) is 9.62 Å². The predicted octanol–water partition coefficient (Wildman–Crippen LogP) is 1.33. The van der Waals surface area contributed by atoms with Gasteiger partial charge in [0.2, 0.25) is 10.0 Å². The van der Waals surface area contributed by atoms with Crippen LogP contribution >= 0.6 is 0 Å². The summed E-state index contributed by atoms with van der Waals surface area (Å²) < 4.78 is 25.9. The quantitative estimate of drug-likeness (QED) is 0.876. The Labute approximate surface area is 109 Å². The number of sulfonamides is 1. The van der Waals surface area contributed by atoms with Crippen LogP contribution in [0.15, 0.2) is 24.3 Å². The van der Waals surface area contributed by atoms with Crippen LogP contribution in [0.2, 0.25) is 0 Å². The second kappa shape index (κ2) is 5.38. The van der Waals surface area contributed by atoms with Crippen LogP contribution in [-0.2, 0) is 23.1 Å². The van der Waals surface area contributed by atoms with Gasteiger partial charge < -0.3 is 5.32 Å². The Morgan fingerprint density at radius 3 is 2.28 bits per heavy atom. The summed E-state index contributed by atoms with van der Waals surface area (Å²) in [5, 5.41) is 3.14. The van der Waals surface area contributed by atoms with Crippen molar-refractivity contribution < 1.29 is 8.42 Å². The molecular weight excluding hydrogens is 248 g/mol. The first-order chi connectivity index (χ1) is 8.49. The Hall–Kier alpha value is -0.910. The number of nitrogens with zero attached hydrogens (tertiary/aromatic N) is 1. The van der Waals surface area contributed by atoms with Crippen molar-refractivity contribution in [2.75, 3.05) is 12.3 Å². The largest absolute Gasteiger partial charge is 0.313 e. The molecule has 1 aliphatic heterocycles. The Kier molecular flexibility index (Phi) is 4.04. The summed E-state index contributed by atoms with van der Waals surface area (Å²) in [5.41, 5.74) is 2.25. The van der Waals surface area contributed by atoms with Crippen molar-refractivity contribution in [3.05, 3.63) is 35.4 Å². The fraction of sp³-hybridized carbons (Fsp3) is 0.538. The highest BCUT2D eigenvalue weighted by Crippen LogP contribution is 2.24. The van der Waals surface area contributed by atoms with Crippen LogP contribution in [0.1, 0.15) is 25.0 Å². The number of benzene rings is 1. The average Bonchev–Trinajstić information content (AvgIpc) is 2.72.